The molecule has 0 fully saturated rings. The molecule has 2 aromatic rings. The summed E-state index contributed by atoms with van der Waals surface area (Å²) < 4.78 is 51.1. The van der Waals surface area contributed by atoms with Crippen LogP contribution in [-0.2, 0) is 0 Å². The van der Waals surface area contributed by atoms with E-state index in [-0.39, 0.29) is 5.75 Å². The Morgan fingerprint density at radius 1 is 1.00 bits per heavy atom. The Morgan fingerprint density at radius 3 is 2.17 bits per heavy atom. The van der Waals surface area contributed by atoms with Crippen LogP contribution in [0.2, 0.25) is 0 Å². The molecule has 24 heavy (non-hydrogen) atoms. The van der Waals surface area contributed by atoms with Crippen molar-refractivity contribution < 1.29 is 27.4 Å². The Balaban J connectivity index is 2.20. The van der Waals surface area contributed by atoms with Gasteiger partial charge in [-0.15, -0.1) is 13.2 Å². The standard InChI is InChI=1S/C17H18F3NO3/c1-3-23-14-9-6-12(10-15(14)22-2)16(21)11-4-7-13(8-5-11)24-17(18,19)20/h4-10,16H,3,21H2,1-2H3/t16-/m0/s1. The quantitative estimate of drug-likeness (QED) is 0.861. The van der Waals surface area contributed by atoms with Gasteiger partial charge in [0.15, 0.2) is 11.5 Å². The van der Waals surface area contributed by atoms with Gasteiger partial charge in [0.05, 0.1) is 19.8 Å². The maximum atomic E-state index is 12.2. The summed E-state index contributed by atoms with van der Waals surface area (Å²) in [5, 5.41) is 0. The fourth-order valence-electron chi connectivity index (χ4n) is 2.22. The van der Waals surface area contributed by atoms with Crippen LogP contribution >= 0.6 is 0 Å². The molecule has 130 valence electrons. The number of hydrogen-bond donors (Lipinski definition) is 1. The van der Waals surface area contributed by atoms with Gasteiger partial charge in [0.1, 0.15) is 5.75 Å². The zero-order valence-electron chi connectivity index (χ0n) is 13.3. The number of hydrogen-bond acceptors (Lipinski definition) is 4. The van der Waals surface area contributed by atoms with E-state index in [9.17, 15) is 13.2 Å². The molecule has 0 spiro atoms. The number of ether oxygens (including phenoxy) is 3. The summed E-state index contributed by atoms with van der Waals surface area (Å²) in [6.45, 7) is 2.37. The smallest absolute Gasteiger partial charge is 0.493 e. The van der Waals surface area contributed by atoms with Gasteiger partial charge in [-0.25, -0.2) is 0 Å². The van der Waals surface area contributed by atoms with E-state index in [1.807, 2.05) is 6.92 Å². The Bertz CT molecular complexity index is 672. The first-order chi connectivity index (χ1) is 11.3. The van der Waals surface area contributed by atoms with Crippen LogP contribution in [-0.4, -0.2) is 20.1 Å². The van der Waals surface area contributed by atoms with Crippen molar-refractivity contribution in [3.63, 3.8) is 0 Å². The summed E-state index contributed by atoms with van der Waals surface area (Å²) in [4.78, 5) is 0. The third kappa shape index (κ3) is 4.55. The van der Waals surface area contributed by atoms with Gasteiger partial charge < -0.3 is 19.9 Å². The summed E-state index contributed by atoms with van der Waals surface area (Å²) in [5.74, 6) is 0.856. The van der Waals surface area contributed by atoms with Gasteiger partial charge in [-0.3, -0.25) is 0 Å². The minimum Gasteiger partial charge on any atom is -0.493 e. The van der Waals surface area contributed by atoms with Crippen molar-refractivity contribution in [2.24, 2.45) is 5.73 Å². The van der Waals surface area contributed by atoms with Crippen molar-refractivity contribution in [1.82, 2.24) is 0 Å². The number of benzene rings is 2. The van der Waals surface area contributed by atoms with E-state index in [0.29, 0.717) is 23.7 Å². The first-order valence-electron chi connectivity index (χ1n) is 7.26. The Kier molecular flexibility index (Phi) is 5.56. The second kappa shape index (κ2) is 7.44. The molecule has 7 heteroatoms. The average Bonchev–Trinajstić information content (AvgIpc) is 2.54. The van der Waals surface area contributed by atoms with Gasteiger partial charge >= 0.3 is 6.36 Å². The highest BCUT2D eigenvalue weighted by molar-refractivity contribution is 5.46. The minimum atomic E-state index is -4.72. The average molecular weight is 341 g/mol. The highest BCUT2D eigenvalue weighted by Crippen LogP contribution is 2.32. The lowest BCUT2D eigenvalue weighted by atomic mass is 9.99. The molecule has 0 radical (unpaired) electrons. The second-order valence-electron chi connectivity index (χ2n) is 4.94. The molecule has 0 aliphatic rings. The lowest BCUT2D eigenvalue weighted by Crippen LogP contribution is -2.17. The summed E-state index contributed by atoms with van der Waals surface area (Å²) >= 11 is 0. The Hall–Kier alpha value is -2.41. The SMILES string of the molecule is CCOc1ccc([C@@H](N)c2ccc(OC(F)(F)F)cc2)cc1OC. The molecule has 2 aromatic carbocycles. The number of methoxy groups -OCH3 is 1. The van der Waals surface area contributed by atoms with E-state index in [1.165, 1.54) is 31.4 Å². The molecular formula is C17H18F3NO3. The minimum absolute atomic E-state index is 0.289. The summed E-state index contributed by atoms with van der Waals surface area (Å²) in [5.41, 5.74) is 7.58. The fourth-order valence-corrected chi connectivity index (χ4v) is 2.22. The lowest BCUT2D eigenvalue weighted by Gasteiger charge is -2.16. The molecule has 0 aliphatic heterocycles. The highest BCUT2D eigenvalue weighted by atomic mass is 19.4. The Labute approximate surface area is 137 Å². The van der Waals surface area contributed by atoms with Crippen LogP contribution in [0.5, 0.6) is 17.2 Å². The molecule has 1 atom stereocenters. The van der Waals surface area contributed by atoms with Crippen molar-refractivity contribution in [2.45, 2.75) is 19.3 Å². The van der Waals surface area contributed by atoms with Crippen molar-refractivity contribution >= 4 is 0 Å². The molecule has 0 aromatic heterocycles. The van der Waals surface area contributed by atoms with Crippen molar-refractivity contribution in [3.05, 3.63) is 53.6 Å². The largest absolute Gasteiger partial charge is 0.573 e. The molecule has 0 unspecified atom stereocenters. The maximum absolute atomic E-state index is 12.2. The third-order valence-corrected chi connectivity index (χ3v) is 3.32. The van der Waals surface area contributed by atoms with E-state index in [2.05, 4.69) is 4.74 Å². The first-order valence-corrected chi connectivity index (χ1v) is 7.26. The monoisotopic (exact) mass is 341 g/mol. The summed E-state index contributed by atoms with van der Waals surface area (Å²) in [6.07, 6.45) is -4.72. The molecule has 0 saturated carbocycles. The van der Waals surface area contributed by atoms with Crippen LogP contribution in [0.4, 0.5) is 13.2 Å². The van der Waals surface area contributed by atoms with Crippen LogP contribution in [0.15, 0.2) is 42.5 Å². The van der Waals surface area contributed by atoms with Gasteiger partial charge in [-0.1, -0.05) is 18.2 Å². The van der Waals surface area contributed by atoms with Crippen molar-refractivity contribution in [3.8, 4) is 17.2 Å². The van der Waals surface area contributed by atoms with Gasteiger partial charge in [-0.2, -0.15) is 0 Å². The summed E-state index contributed by atoms with van der Waals surface area (Å²) in [6, 6.07) is 10.2. The van der Waals surface area contributed by atoms with E-state index in [1.54, 1.807) is 18.2 Å². The fraction of sp³-hybridized carbons (Fsp3) is 0.294. The molecular weight excluding hydrogens is 323 g/mol. The van der Waals surface area contributed by atoms with Crippen molar-refractivity contribution in [1.29, 1.82) is 0 Å². The molecule has 0 saturated heterocycles. The molecule has 0 amide bonds. The predicted molar refractivity (Wildman–Crippen MR) is 83.3 cm³/mol. The van der Waals surface area contributed by atoms with Crippen LogP contribution in [0.25, 0.3) is 0 Å². The van der Waals surface area contributed by atoms with Gasteiger partial charge in [0.2, 0.25) is 0 Å². The number of nitrogens with two attached hydrogens (primary N) is 1. The Morgan fingerprint density at radius 2 is 1.62 bits per heavy atom. The zero-order chi connectivity index (χ0) is 17.7. The molecule has 0 aliphatic carbocycles. The second-order valence-corrected chi connectivity index (χ2v) is 4.94. The first kappa shape index (κ1) is 17.9. The normalized spacial score (nSPS) is 12.6. The molecule has 0 heterocycles. The molecule has 2 N–H and O–H groups in total. The lowest BCUT2D eigenvalue weighted by molar-refractivity contribution is -0.274. The van der Waals surface area contributed by atoms with Crippen LogP contribution in [0.3, 0.4) is 0 Å². The van der Waals surface area contributed by atoms with E-state index < -0.39 is 12.4 Å². The van der Waals surface area contributed by atoms with Gasteiger partial charge in [-0.05, 0) is 42.3 Å². The van der Waals surface area contributed by atoms with Crippen LogP contribution in [0, 0.1) is 0 Å². The summed E-state index contributed by atoms with van der Waals surface area (Å²) in [7, 11) is 1.52. The number of halogens is 3. The van der Waals surface area contributed by atoms with Crippen LogP contribution < -0.4 is 19.9 Å². The third-order valence-electron chi connectivity index (χ3n) is 3.32. The van der Waals surface area contributed by atoms with E-state index in [4.69, 9.17) is 15.2 Å². The molecule has 0 bridgehead atoms. The zero-order valence-corrected chi connectivity index (χ0v) is 13.3. The molecule has 2 rings (SSSR count). The van der Waals surface area contributed by atoms with Crippen molar-refractivity contribution in [2.75, 3.05) is 13.7 Å². The number of rotatable bonds is 6. The van der Waals surface area contributed by atoms with E-state index >= 15 is 0 Å². The van der Waals surface area contributed by atoms with Crippen LogP contribution in [0.1, 0.15) is 24.1 Å². The van der Waals surface area contributed by atoms with Gasteiger partial charge in [0.25, 0.3) is 0 Å². The number of alkyl halides is 3. The van der Waals surface area contributed by atoms with Gasteiger partial charge in [0, 0.05) is 0 Å². The predicted octanol–water partition coefficient (Wildman–Crippen LogP) is 4.04. The topological polar surface area (TPSA) is 53.7 Å². The highest BCUT2D eigenvalue weighted by Gasteiger charge is 2.31. The molecule has 4 nitrogen and oxygen atoms in total. The van der Waals surface area contributed by atoms with E-state index in [0.717, 1.165) is 5.56 Å². The maximum Gasteiger partial charge on any atom is 0.573 e.